The van der Waals surface area contributed by atoms with Gasteiger partial charge in [-0.2, -0.15) is 10.1 Å². The molecule has 2 aromatic rings. The van der Waals surface area contributed by atoms with Gasteiger partial charge in [0, 0.05) is 36.0 Å². The zero-order chi connectivity index (χ0) is 20.1. The van der Waals surface area contributed by atoms with Gasteiger partial charge in [-0.05, 0) is 36.4 Å². The van der Waals surface area contributed by atoms with Crippen molar-refractivity contribution in [3.8, 4) is 0 Å². The van der Waals surface area contributed by atoms with Gasteiger partial charge in [0.25, 0.3) is 11.8 Å². The minimum absolute atomic E-state index is 0.0621. The smallest absolute Gasteiger partial charge is 0.280 e. The van der Waals surface area contributed by atoms with Crippen molar-refractivity contribution in [2.24, 2.45) is 10.1 Å². The van der Waals surface area contributed by atoms with Crippen molar-refractivity contribution < 1.29 is 13.6 Å². The number of likely N-dealkylation sites (tertiary alicyclic amines) is 1. The molecule has 0 unspecified atom stereocenters. The maximum atomic E-state index is 13.6. The lowest BCUT2D eigenvalue weighted by atomic mass is 10.1. The molecule has 2 N–H and O–H groups in total. The summed E-state index contributed by atoms with van der Waals surface area (Å²) in [5.74, 6) is -3.04. The number of carbonyl (C=O) groups is 1. The van der Waals surface area contributed by atoms with E-state index in [9.17, 15) is 13.6 Å². The number of nitrogens with one attached hydrogen (secondary N) is 2. The molecule has 6 nitrogen and oxygen atoms in total. The quantitative estimate of drug-likeness (QED) is 0.371. The molecule has 3 rings (SSSR count). The Kier molecular flexibility index (Phi) is 6.13. The summed E-state index contributed by atoms with van der Waals surface area (Å²) >= 11 is 3.31. The Morgan fingerprint density at radius 3 is 2.39 bits per heavy atom. The number of benzene rings is 2. The second-order valence-corrected chi connectivity index (χ2v) is 7.26. The fourth-order valence-electron chi connectivity index (χ4n) is 2.77. The normalized spacial score (nSPS) is 16.5. The summed E-state index contributed by atoms with van der Waals surface area (Å²) in [6, 6.07) is 13.5. The van der Waals surface area contributed by atoms with E-state index in [-0.39, 0.29) is 31.9 Å². The summed E-state index contributed by atoms with van der Waals surface area (Å²) in [7, 11) is 0. The Labute approximate surface area is 169 Å². The Morgan fingerprint density at radius 1 is 1.11 bits per heavy atom. The fourth-order valence-corrected chi connectivity index (χ4v) is 3.04. The van der Waals surface area contributed by atoms with Crippen LogP contribution in [-0.2, 0) is 0 Å². The van der Waals surface area contributed by atoms with Crippen LogP contribution in [0.1, 0.15) is 23.2 Å². The predicted molar refractivity (Wildman–Crippen MR) is 107 cm³/mol. The van der Waals surface area contributed by atoms with Gasteiger partial charge in [0.2, 0.25) is 5.96 Å². The second kappa shape index (κ2) is 8.55. The fraction of sp³-hybridized carbons (Fsp3) is 0.263. The molecule has 0 spiro atoms. The molecule has 1 aliphatic heterocycles. The van der Waals surface area contributed by atoms with E-state index in [1.54, 1.807) is 53.4 Å². The molecular weight excluding hydrogens is 432 g/mol. The zero-order valence-corrected chi connectivity index (χ0v) is 16.4. The van der Waals surface area contributed by atoms with Crippen molar-refractivity contribution in [3.05, 3.63) is 58.6 Å². The number of para-hydroxylation sites is 2. The van der Waals surface area contributed by atoms with Gasteiger partial charge in [0.15, 0.2) is 0 Å². The molecule has 1 heterocycles. The van der Waals surface area contributed by atoms with Crippen molar-refractivity contribution in [1.82, 2.24) is 4.90 Å². The van der Waals surface area contributed by atoms with E-state index in [4.69, 9.17) is 5.53 Å². The first-order valence-corrected chi connectivity index (χ1v) is 9.42. The number of halogens is 3. The molecule has 0 atom stereocenters. The minimum atomic E-state index is -2.72. The maximum absolute atomic E-state index is 13.6. The van der Waals surface area contributed by atoms with Gasteiger partial charge in [-0.3, -0.25) is 4.79 Å². The van der Waals surface area contributed by atoms with Crippen molar-refractivity contribution in [2.45, 2.75) is 18.8 Å². The van der Waals surface area contributed by atoms with Crippen LogP contribution >= 0.6 is 15.9 Å². The number of guanidine groups is 1. The summed E-state index contributed by atoms with van der Waals surface area (Å²) in [5.41, 5.74) is 8.49. The average molecular weight is 450 g/mol. The van der Waals surface area contributed by atoms with E-state index in [0.717, 1.165) is 4.47 Å². The van der Waals surface area contributed by atoms with Crippen molar-refractivity contribution in [1.29, 1.82) is 5.53 Å². The van der Waals surface area contributed by atoms with Crippen molar-refractivity contribution in [2.75, 3.05) is 18.4 Å². The molecule has 0 saturated carbocycles. The van der Waals surface area contributed by atoms with Gasteiger partial charge < -0.3 is 10.2 Å². The van der Waals surface area contributed by atoms with E-state index in [1.165, 1.54) is 0 Å². The van der Waals surface area contributed by atoms with Gasteiger partial charge in [-0.1, -0.05) is 28.1 Å². The molecule has 0 bridgehead atoms. The Morgan fingerprint density at radius 2 is 1.75 bits per heavy atom. The summed E-state index contributed by atoms with van der Waals surface area (Å²) in [6.45, 7) is 0.124. The number of anilines is 1. The van der Waals surface area contributed by atoms with E-state index >= 15 is 0 Å². The van der Waals surface area contributed by atoms with Crippen LogP contribution < -0.4 is 5.32 Å². The number of amides is 1. The monoisotopic (exact) mass is 449 g/mol. The Hall–Kier alpha value is -2.68. The Bertz CT molecular complexity index is 891. The van der Waals surface area contributed by atoms with E-state index in [1.807, 2.05) is 0 Å². The number of rotatable bonds is 3. The molecule has 146 valence electrons. The minimum Gasteiger partial charge on any atom is -0.342 e. The molecule has 1 amide bonds. The highest BCUT2D eigenvalue weighted by molar-refractivity contribution is 9.10. The Balaban J connectivity index is 1.90. The van der Waals surface area contributed by atoms with Crippen LogP contribution in [0.15, 0.2) is 63.1 Å². The second-order valence-electron chi connectivity index (χ2n) is 6.34. The number of hydrogen-bond donors (Lipinski definition) is 2. The average Bonchev–Trinajstić information content (AvgIpc) is 2.68. The predicted octanol–water partition coefficient (Wildman–Crippen LogP) is 5.45. The SMILES string of the molecule is N=Nc1ccccc1N/C(=N\C(=O)c1ccc(Br)cc1)N1CCC(F)(F)CC1. The van der Waals surface area contributed by atoms with Gasteiger partial charge in [0.1, 0.15) is 5.69 Å². The first-order valence-electron chi connectivity index (χ1n) is 8.63. The van der Waals surface area contributed by atoms with Crippen LogP contribution in [0, 0.1) is 5.53 Å². The van der Waals surface area contributed by atoms with Gasteiger partial charge in [-0.25, -0.2) is 14.3 Å². The van der Waals surface area contributed by atoms with E-state index < -0.39 is 11.8 Å². The van der Waals surface area contributed by atoms with E-state index in [0.29, 0.717) is 16.9 Å². The molecule has 1 fully saturated rings. The van der Waals surface area contributed by atoms with Crippen LogP contribution in [0.25, 0.3) is 0 Å². The summed E-state index contributed by atoms with van der Waals surface area (Å²) in [5, 5.41) is 6.44. The molecule has 1 aliphatic rings. The van der Waals surface area contributed by atoms with Crippen molar-refractivity contribution in [3.63, 3.8) is 0 Å². The molecule has 9 heteroatoms. The third-order valence-electron chi connectivity index (χ3n) is 4.36. The number of carbonyl (C=O) groups excluding carboxylic acids is 1. The van der Waals surface area contributed by atoms with Gasteiger partial charge in [0.05, 0.1) is 5.69 Å². The summed E-state index contributed by atoms with van der Waals surface area (Å²) in [6.07, 6.45) is -0.630. The van der Waals surface area contributed by atoms with Crippen molar-refractivity contribution >= 4 is 39.2 Å². The molecule has 0 radical (unpaired) electrons. The molecule has 1 saturated heterocycles. The number of piperidine rings is 1. The highest BCUT2D eigenvalue weighted by Gasteiger charge is 2.35. The van der Waals surface area contributed by atoms with Crippen LogP contribution in [0.5, 0.6) is 0 Å². The molecule has 0 aromatic heterocycles. The number of aliphatic imine (C=N–C) groups is 1. The number of nitrogens with zero attached hydrogens (tertiary/aromatic N) is 3. The largest absolute Gasteiger partial charge is 0.342 e. The van der Waals surface area contributed by atoms with Gasteiger partial charge >= 0.3 is 0 Å². The standard InChI is InChI=1S/C19H18BrF2N5O/c20-14-7-5-13(6-8-14)17(28)25-18(27-11-9-19(21,22)10-12-27)24-15-3-1-2-4-16(15)26-23/h1-8,23H,9-12H2,(H,24,25,28). The van der Waals surface area contributed by atoms with Crippen LogP contribution in [0.2, 0.25) is 0 Å². The zero-order valence-electron chi connectivity index (χ0n) is 14.8. The third kappa shape index (κ3) is 4.98. The topological polar surface area (TPSA) is 80.9 Å². The first-order chi connectivity index (χ1) is 13.4. The highest BCUT2D eigenvalue weighted by Crippen LogP contribution is 2.29. The number of hydrogen-bond acceptors (Lipinski definition) is 3. The number of alkyl halides is 2. The van der Waals surface area contributed by atoms with Gasteiger partial charge in [-0.15, -0.1) is 0 Å². The summed E-state index contributed by atoms with van der Waals surface area (Å²) < 4.78 is 27.9. The molecule has 28 heavy (non-hydrogen) atoms. The maximum Gasteiger partial charge on any atom is 0.280 e. The van der Waals surface area contributed by atoms with Crippen LogP contribution in [-0.4, -0.2) is 35.8 Å². The lowest BCUT2D eigenvalue weighted by Gasteiger charge is -2.34. The first kappa shape index (κ1) is 20.1. The molecular formula is C19H18BrF2N5O. The third-order valence-corrected chi connectivity index (χ3v) is 4.89. The van der Waals surface area contributed by atoms with Crippen LogP contribution in [0.4, 0.5) is 20.2 Å². The highest BCUT2D eigenvalue weighted by atomic mass is 79.9. The lowest BCUT2D eigenvalue weighted by molar-refractivity contribution is -0.0434. The van der Waals surface area contributed by atoms with E-state index in [2.05, 4.69) is 31.4 Å². The lowest BCUT2D eigenvalue weighted by Crippen LogP contribution is -2.45. The van der Waals surface area contributed by atoms with Crippen LogP contribution in [0.3, 0.4) is 0 Å². The summed E-state index contributed by atoms with van der Waals surface area (Å²) in [4.78, 5) is 18.4. The molecule has 0 aliphatic carbocycles. The molecule has 2 aromatic carbocycles.